The van der Waals surface area contributed by atoms with Gasteiger partial charge in [0.25, 0.3) is 0 Å². The van der Waals surface area contributed by atoms with E-state index < -0.39 is 43.9 Å². The lowest BCUT2D eigenvalue weighted by molar-refractivity contribution is -0.190. The Morgan fingerprint density at radius 3 is 2.64 bits per heavy atom. The van der Waals surface area contributed by atoms with Crippen molar-refractivity contribution in [1.82, 2.24) is 0 Å². The molecule has 9 nitrogen and oxygen atoms in total. The quantitative estimate of drug-likeness (QED) is 0.646. The topological polar surface area (TPSA) is 138 Å². The fraction of sp³-hybridized carbons (Fsp3) is 0.533. The Balaban J connectivity index is 1.86. The molecule has 1 aromatic rings. The molecule has 2 unspecified atom stereocenters. The molecule has 25 heavy (non-hydrogen) atoms. The van der Waals surface area contributed by atoms with Gasteiger partial charge in [0.1, 0.15) is 24.4 Å². The van der Waals surface area contributed by atoms with E-state index >= 15 is 0 Å². The molecule has 0 aliphatic carbocycles. The lowest BCUT2D eigenvalue weighted by atomic mass is 10.00. The molecule has 0 saturated carbocycles. The van der Waals surface area contributed by atoms with Crippen LogP contribution in [0, 0.1) is 0 Å². The number of carbonyl (C=O) groups is 1. The van der Waals surface area contributed by atoms with E-state index in [0.29, 0.717) is 11.1 Å². The molecule has 1 amide bonds. The maximum atomic E-state index is 11.4. The molecule has 3 rings (SSSR count). The fourth-order valence-corrected chi connectivity index (χ4v) is 3.47. The first-order valence-corrected chi connectivity index (χ1v) is 9.20. The maximum absolute atomic E-state index is 11.4. The van der Waals surface area contributed by atoms with Gasteiger partial charge in [-0.15, -0.1) is 0 Å². The van der Waals surface area contributed by atoms with Crippen molar-refractivity contribution in [3.63, 3.8) is 0 Å². The molecule has 2 saturated heterocycles. The zero-order chi connectivity index (χ0) is 18.4. The lowest BCUT2D eigenvalue weighted by Gasteiger charge is -2.24. The van der Waals surface area contributed by atoms with Crippen LogP contribution in [0.3, 0.4) is 0 Å². The summed E-state index contributed by atoms with van der Waals surface area (Å²) in [4.78, 5) is 29.2. The van der Waals surface area contributed by atoms with E-state index in [0.717, 1.165) is 0 Å². The Bertz CT molecular complexity index is 717. The van der Waals surface area contributed by atoms with Gasteiger partial charge < -0.3 is 29.7 Å². The number of amides is 1. The number of hydrogen-bond donors (Lipinski definition) is 3. The van der Waals surface area contributed by atoms with Crippen molar-refractivity contribution in [2.75, 3.05) is 6.61 Å². The monoisotopic (exact) mass is 373 g/mol. The number of phosphoric ester groups is 1. The maximum Gasteiger partial charge on any atom is 0.469 e. The zero-order valence-corrected chi connectivity index (χ0v) is 14.6. The van der Waals surface area contributed by atoms with Crippen molar-refractivity contribution in [2.45, 2.75) is 44.1 Å². The van der Waals surface area contributed by atoms with E-state index in [4.69, 9.17) is 29.7 Å². The van der Waals surface area contributed by atoms with Crippen molar-refractivity contribution in [2.24, 2.45) is 5.73 Å². The highest BCUT2D eigenvalue weighted by molar-refractivity contribution is 7.46. The Kier molecular flexibility index (Phi) is 4.76. The summed E-state index contributed by atoms with van der Waals surface area (Å²) >= 11 is 0. The molecular formula is C15H20NO8P. The normalized spacial score (nSPS) is 31.0. The summed E-state index contributed by atoms with van der Waals surface area (Å²) < 4.78 is 33.1. The Labute approximate surface area is 144 Å². The molecule has 0 spiro atoms. The molecule has 0 aromatic heterocycles. The molecule has 0 radical (unpaired) electrons. The number of rotatable bonds is 5. The van der Waals surface area contributed by atoms with Crippen LogP contribution in [-0.2, 0) is 23.3 Å². The van der Waals surface area contributed by atoms with Crippen molar-refractivity contribution in [1.29, 1.82) is 0 Å². The van der Waals surface area contributed by atoms with Crippen LogP contribution in [0.5, 0.6) is 0 Å². The number of benzene rings is 1. The highest BCUT2D eigenvalue weighted by Gasteiger charge is 2.55. The SMILES string of the molecule is CC1(C)OC2C(O1)[C@@H](c1cccc(C(N)=O)c1)O[C@H]2COP(=O)(O)O. The Morgan fingerprint density at radius 2 is 2.00 bits per heavy atom. The van der Waals surface area contributed by atoms with Gasteiger partial charge in [0, 0.05) is 5.56 Å². The van der Waals surface area contributed by atoms with Crippen LogP contribution >= 0.6 is 7.82 Å². The molecule has 1 aromatic carbocycles. The van der Waals surface area contributed by atoms with Crippen LogP contribution in [0.15, 0.2) is 24.3 Å². The van der Waals surface area contributed by atoms with Crippen LogP contribution in [0.2, 0.25) is 0 Å². The van der Waals surface area contributed by atoms with E-state index in [1.54, 1.807) is 38.1 Å². The minimum Gasteiger partial charge on any atom is -0.366 e. The number of fused-ring (bicyclic) bond motifs is 1. The summed E-state index contributed by atoms with van der Waals surface area (Å²) in [6.07, 6.45) is -2.40. The summed E-state index contributed by atoms with van der Waals surface area (Å²) in [6, 6.07) is 6.62. The molecule has 2 aliphatic heterocycles. The van der Waals surface area contributed by atoms with Gasteiger partial charge in [-0.25, -0.2) is 4.57 Å². The molecule has 2 fully saturated rings. The minimum absolute atomic E-state index is 0.325. The van der Waals surface area contributed by atoms with Gasteiger partial charge in [0.15, 0.2) is 5.79 Å². The van der Waals surface area contributed by atoms with Crippen molar-refractivity contribution < 1.29 is 37.9 Å². The summed E-state index contributed by atoms with van der Waals surface area (Å²) in [7, 11) is -4.64. The van der Waals surface area contributed by atoms with E-state index in [1.165, 1.54) is 0 Å². The summed E-state index contributed by atoms with van der Waals surface area (Å²) in [6.45, 7) is 3.13. The average Bonchev–Trinajstić information content (AvgIpc) is 2.97. The van der Waals surface area contributed by atoms with Gasteiger partial charge in [-0.1, -0.05) is 12.1 Å². The molecule has 138 valence electrons. The third-order valence-corrected chi connectivity index (χ3v) is 4.54. The molecule has 0 bridgehead atoms. The summed E-state index contributed by atoms with van der Waals surface area (Å²) in [5, 5.41) is 0. The number of ether oxygens (including phenoxy) is 3. The molecule has 2 aliphatic rings. The summed E-state index contributed by atoms with van der Waals surface area (Å²) in [5.41, 5.74) is 6.30. The second-order valence-corrected chi connectivity index (χ2v) is 7.68. The van der Waals surface area contributed by atoms with Crippen molar-refractivity contribution in [3.8, 4) is 0 Å². The number of carbonyl (C=O) groups excluding carboxylic acids is 1. The highest BCUT2D eigenvalue weighted by atomic mass is 31.2. The predicted octanol–water partition coefficient (Wildman–Crippen LogP) is 0.855. The number of phosphoric acid groups is 1. The molecule has 10 heteroatoms. The first kappa shape index (κ1) is 18.5. The number of hydrogen-bond acceptors (Lipinski definition) is 6. The van der Waals surface area contributed by atoms with E-state index in [-0.39, 0.29) is 6.61 Å². The van der Waals surface area contributed by atoms with E-state index in [1.807, 2.05) is 0 Å². The zero-order valence-electron chi connectivity index (χ0n) is 13.7. The smallest absolute Gasteiger partial charge is 0.366 e. The predicted molar refractivity (Wildman–Crippen MR) is 84.4 cm³/mol. The minimum atomic E-state index is -4.64. The van der Waals surface area contributed by atoms with Crippen LogP contribution in [0.4, 0.5) is 0 Å². The molecule has 2 heterocycles. The third kappa shape index (κ3) is 4.09. The third-order valence-electron chi connectivity index (χ3n) is 4.06. The highest BCUT2D eigenvalue weighted by Crippen LogP contribution is 2.46. The van der Waals surface area contributed by atoms with Crippen molar-refractivity contribution in [3.05, 3.63) is 35.4 Å². The first-order valence-electron chi connectivity index (χ1n) is 7.67. The standard InChI is InChI=1S/C15H20NO8P/c1-15(2)23-12-10(7-21-25(18,19)20)22-11(13(12)24-15)8-4-3-5-9(6-8)14(16)17/h3-6,10-13H,7H2,1-2H3,(H2,16,17)(H2,18,19,20)/t10-,11+,12?,13?/m0/s1. The van der Waals surface area contributed by atoms with Crippen LogP contribution < -0.4 is 5.73 Å². The Morgan fingerprint density at radius 1 is 1.32 bits per heavy atom. The lowest BCUT2D eigenvalue weighted by Crippen LogP contribution is -2.32. The van der Waals surface area contributed by atoms with Crippen LogP contribution in [0.25, 0.3) is 0 Å². The molecular weight excluding hydrogens is 353 g/mol. The van der Waals surface area contributed by atoms with E-state index in [2.05, 4.69) is 4.52 Å². The van der Waals surface area contributed by atoms with Gasteiger partial charge in [-0.2, -0.15) is 0 Å². The van der Waals surface area contributed by atoms with Gasteiger partial charge in [0.2, 0.25) is 5.91 Å². The fourth-order valence-electron chi connectivity index (χ4n) is 3.12. The summed E-state index contributed by atoms with van der Waals surface area (Å²) in [5.74, 6) is -1.44. The average molecular weight is 373 g/mol. The van der Waals surface area contributed by atoms with Gasteiger partial charge in [-0.05, 0) is 31.5 Å². The van der Waals surface area contributed by atoms with Gasteiger partial charge >= 0.3 is 7.82 Å². The van der Waals surface area contributed by atoms with Gasteiger partial charge in [0.05, 0.1) is 6.61 Å². The second kappa shape index (κ2) is 6.44. The largest absolute Gasteiger partial charge is 0.469 e. The number of primary amides is 1. The first-order chi connectivity index (χ1) is 11.6. The van der Waals surface area contributed by atoms with Crippen LogP contribution in [-0.4, -0.2) is 46.4 Å². The molecule has 4 N–H and O–H groups in total. The second-order valence-electron chi connectivity index (χ2n) is 6.44. The Hall–Kier alpha value is -1.32. The van der Waals surface area contributed by atoms with Gasteiger partial charge in [-0.3, -0.25) is 9.32 Å². The molecule has 4 atom stereocenters. The van der Waals surface area contributed by atoms with Crippen LogP contribution in [0.1, 0.15) is 35.9 Å². The van der Waals surface area contributed by atoms with E-state index in [9.17, 15) is 9.36 Å². The number of nitrogens with two attached hydrogens (primary N) is 1. The van der Waals surface area contributed by atoms with Crippen molar-refractivity contribution >= 4 is 13.7 Å².